The van der Waals surface area contributed by atoms with Crippen LogP contribution in [0.25, 0.3) is 11.1 Å². The molecule has 0 aliphatic heterocycles. The molecule has 1 saturated carbocycles. The van der Waals surface area contributed by atoms with Gasteiger partial charge in [0, 0.05) is 5.56 Å². The van der Waals surface area contributed by atoms with Crippen LogP contribution in [0.3, 0.4) is 0 Å². The average Bonchev–Trinajstić information content (AvgIpc) is 3.58. The van der Waals surface area contributed by atoms with Gasteiger partial charge in [0.25, 0.3) is 0 Å². The summed E-state index contributed by atoms with van der Waals surface area (Å²) >= 11 is 0. The fraction of sp³-hybridized carbons (Fsp3) is 0.500. The summed E-state index contributed by atoms with van der Waals surface area (Å²) < 4.78 is 87.6. The minimum atomic E-state index is -4.87. The predicted molar refractivity (Wildman–Crippen MR) is 119 cm³/mol. The normalized spacial score (nSPS) is 16.3. The number of carboxylic acid groups (broad SMARTS) is 1. The highest BCUT2D eigenvalue weighted by Gasteiger charge is 2.44. The number of ether oxygens (including phenoxy) is 1. The van der Waals surface area contributed by atoms with Crippen molar-refractivity contribution in [1.82, 2.24) is 0 Å². The van der Waals surface area contributed by atoms with Crippen LogP contribution in [0.1, 0.15) is 63.1 Å². The van der Waals surface area contributed by atoms with Crippen LogP contribution < -0.4 is 4.74 Å². The lowest BCUT2D eigenvalue weighted by atomic mass is 9.71. The van der Waals surface area contributed by atoms with E-state index in [-0.39, 0.29) is 48.0 Å². The second kappa shape index (κ2) is 9.74. The van der Waals surface area contributed by atoms with E-state index in [0.29, 0.717) is 0 Å². The van der Waals surface area contributed by atoms with Crippen LogP contribution in [0.2, 0.25) is 0 Å². The van der Waals surface area contributed by atoms with Crippen LogP contribution in [-0.2, 0) is 22.6 Å². The molecule has 0 radical (unpaired) electrons. The Morgan fingerprint density at radius 1 is 1.00 bits per heavy atom. The Kier molecular flexibility index (Phi) is 7.48. The van der Waals surface area contributed by atoms with Crippen molar-refractivity contribution in [3.63, 3.8) is 0 Å². The van der Waals surface area contributed by atoms with Crippen molar-refractivity contribution in [1.29, 1.82) is 0 Å². The Morgan fingerprint density at radius 2 is 1.60 bits per heavy atom. The van der Waals surface area contributed by atoms with Gasteiger partial charge in [-0.05, 0) is 72.9 Å². The lowest BCUT2D eigenvalue weighted by Gasteiger charge is -2.32. The minimum absolute atomic E-state index is 0.0343. The van der Waals surface area contributed by atoms with E-state index in [4.69, 9.17) is 4.74 Å². The van der Waals surface area contributed by atoms with E-state index in [0.717, 1.165) is 43.2 Å². The topological polar surface area (TPSA) is 46.5 Å². The van der Waals surface area contributed by atoms with Gasteiger partial charge in [-0.25, -0.2) is 0 Å². The highest BCUT2D eigenvalue weighted by atomic mass is 19.4. The van der Waals surface area contributed by atoms with E-state index in [1.807, 2.05) is 0 Å². The molecule has 0 heterocycles. The summed E-state index contributed by atoms with van der Waals surface area (Å²) in [5, 5.41) is 10.1. The lowest BCUT2D eigenvalue weighted by Crippen LogP contribution is -2.37. The molecule has 35 heavy (non-hydrogen) atoms. The van der Waals surface area contributed by atoms with Crippen LogP contribution in [0.4, 0.5) is 26.3 Å². The number of benzene rings is 2. The van der Waals surface area contributed by atoms with E-state index >= 15 is 0 Å². The molecule has 0 spiro atoms. The number of aliphatic carboxylic acids is 1. The molecule has 0 aromatic heterocycles. The number of carboxylic acids is 1. The average molecular weight is 502 g/mol. The Labute approximate surface area is 200 Å². The molecular weight excluding hydrogens is 474 g/mol. The molecule has 1 atom stereocenters. The number of hydrogen-bond donors (Lipinski definition) is 1. The Balaban J connectivity index is 2.30. The van der Waals surface area contributed by atoms with Gasteiger partial charge in [0.2, 0.25) is 0 Å². The van der Waals surface area contributed by atoms with Gasteiger partial charge in [-0.15, -0.1) is 0 Å². The second-order valence-electron chi connectivity index (χ2n) is 9.57. The fourth-order valence-electron chi connectivity index (χ4n) is 4.34. The summed E-state index contributed by atoms with van der Waals surface area (Å²) in [6.45, 7) is 5.20. The standard InChI is InChI=1S/C26H28F6O3/c1-4-24(23(33)34,13-15(2)3)19-11-20(17-7-9-18(10-8-17)25(27,28)29)22(35-14-16-5-6-16)21(12-19)26(30,31)32/h7-12,15-16H,4-6,13-14H2,1-3H3,(H,33,34). The van der Waals surface area contributed by atoms with E-state index in [2.05, 4.69) is 0 Å². The first-order valence-corrected chi connectivity index (χ1v) is 11.5. The molecule has 1 aliphatic carbocycles. The van der Waals surface area contributed by atoms with Crippen molar-refractivity contribution in [2.24, 2.45) is 11.8 Å². The maximum atomic E-state index is 14.3. The van der Waals surface area contributed by atoms with Crippen LogP contribution in [0, 0.1) is 11.8 Å². The molecule has 1 fully saturated rings. The summed E-state index contributed by atoms with van der Waals surface area (Å²) in [6, 6.07) is 5.92. The molecular formula is C26H28F6O3. The first-order valence-electron chi connectivity index (χ1n) is 11.5. The quantitative estimate of drug-likeness (QED) is 0.354. The molecule has 0 saturated heterocycles. The number of carbonyl (C=O) groups is 1. The van der Waals surface area contributed by atoms with Crippen LogP contribution in [0.5, 0.6) is 5.75 Å². The van der Waals surface area contributed by atoms with E-state index in [9.17, 15) is 36.2 Å². The molecule has 1 aliphatic rings. The SMILES string of the molecule is CCC(CC(C)C)(C(=O)O)c1cc(-c2ccc(C(F)(F)F)cc2)c(OCC2CC2)c(C(F)(F)F)c1. The van der Waals surface area contributed by atoms with Gasteiger partial charge >= 0.3 is 18.3 Å². The maximum Gasteiger partial charge on any atom is 0.419 e. The summed E-state index contributed by atoms with van der Waals surface area (Å²) in [4.78, 5) is 12.4. The van der Waals surface area contributed by atoms with Crippen molar-refractivity contribution < 1.29 is 41.0 Å². The third kappa shape index (κ3) is 5.93. The maximum absolute atomic E-state index is 14.3. The van der Waals surface area contributed by atoms with E-state index < -0.39 is 40.6 Å². The number of alkyl halides is 6. The second-order valence-corrected chi connectivity index (χ2v) is 9.57. The van der Waals surface area contributed by atoms with Gasteiger partial charge in [0.1, 0.15) is 5.75 Å². The van der Waals surface area contributed by atoms with Gasteiger partial charge in [0.15, 0.2) is 0 Å². The Hall–Kier alpha value is -2.71. The first-order chi connectivity index (χ1) is 16.2. The number of halogens is 6. The zero-order chi connectivity index (χ0) is 26.2. The van der Waals surface area contributed by atoms with E-state index in [1.54, 1.807) is 20.8 Å². The molecule has 0 amide bonds. The summed E-state index contributed by atoms with van der Waals surface area (Å²) in [6.07, 6.45) is -7.72. The molecule has 1 unspecified atom stereocenters. The smallest absolute Gasteiger partial charge is 0.419 e. The monoisotopic (exact) mass is 502 g/mol. The number of rotatable bonds is 9. The third-order valence-corrected chi connectivity index (χ3v) is 6.40. The molecule has 2 aromatic rings. The van der Waals surface area contributed by atoms with Crippen LogP contribution >= 0.6 is 0 Å². The van der Waals surface area contributed by atoms with Crippen molar-refractivity contribution in [3.05, 3.63) is 53.1 Å². The van der Waals surface area contributed by atoms with Crippen molar-refractivity contribution >= 4 is 5.97 Å². The lowest BCUT2D eigenvalue weighted by molar-refractivity contribution is -0.145. The molecule has 192 valence electrons. The zero-order valence-corrected chi connectivity index (χ0v) is 19.7. The van der Waals surface area contributed by atoms with Gasteiger partial charge in [-0.1, -0.05) is 32.9 Å². The largest absolute Gasteiger partial charge is 0.492 e. The van der Waals surface area contributed by atoms with E-state index in [1.165, 1.54) is 6.07 Å². The number of hydrogen-bond acceptors (Lipinski definition) is 2. The van der Waals surface area contributed by atoms with Gasteiger partial charge in [-0.3, -0.25) is 4.79 Å². The molecule has 9 heteroatoms. The first kappa shape index (κ1) is 26.9. The van der Waals surface area contributed by atoms with Crippen molar-refractivity contribution in [3.8, 4) is 16.9 Å². The highest BCUT2D eigenvalue weighted by Crippen LogP contribution is 2.48. The third-order valence-electron chi connectivity index (χ3n) is 6.40. The Bertz CT molecular complexity index is 1050. The highest BCUT2D eigenvalue weighted by molar-refractivity contribution is 5.84. The zero-order valence-electron chi connectivity index (χ0n) is 19.7. The molecule has 3 rings (SSSR count). The van der Waals surface area contributed by atoms with Gasteiger partial charge in [-0.2, -0.15) is 26.3 Å². The van der Waals surface area contributed by atoms with Gasteiger partial charge < -0.3 is 9.84 Å². The van der Waals surface area contributed by atoms with Crippen molar-refractivity contribution in [2.45, 2.75) is 64.2 Å². The summed E-state index contributed by atoms with van der Waals surface area (Å²) in [5.74, 6) is -1.77. The minimum Gasteiger partial charge on any atom is -0.492 e. The van der Waals surface area contributed by atoms with Crippen LogP contribution in [-0.4, -0.2) is 17.7 Å². The molecule has 2 aromatic carbocycles. The molecule has 0 bridgehead atoms. The summed E-state index contributed by atoms with van der Waals surface area (Å²) in [7, 11) is 0. The fourth-order valence-corrected chi connectivity index (χ4v) is 4.34. The molecule has 3 nitrogen and oxygen atoms in total. The van der Waals surface area contributed by atoms with Gasteiger partial charge in [0.05, 0.1) is 23.1 Å². The molecule has 1 N–H and O–H groups in total. The van der Waals surface area contributed by atoms with Crippen LogP contribution in [0.15, 0.2) is 36.4 Å². The van der Waals surface area contributed by atoms with Crippen molar-refractivity contribution in [2.75, 3.05) is 6.61 Å². The predicted octanol–water partition coefficient (Wildman–Crippen LogP) is 7.96. The Morgan fingerprint density at radius 3 is 2.03 bits per heavy atom. The summed E-state index contributed by atoms with van der Waals surface area (Å²) in [5.41, 5.74) is -3.73.